The van der Waals surface area contributed by atoms with Crippen molar-refractivity contribution in [1.29, 1.82) is 0 Å². The van der Waals surface area contributed by atoms with E-state index in [9.17, 15) is 22.8 Å². The Morgan fingerprint density at radius 3 is 2.46 bits per heavy atom. The van der Waals surface area contributed by atoms with Crippen LogP contribution in [-0.2, 0) is 11.0 Å². The number of halogens is 3. The second-order valence-electron chi connectivity index (χ2n) is 7.55. The molecule has 2 saturated heterocycles. The van der Waals surface area contributed by atoms with Crippen molar-refractivity contribution < 1.29 is 22.8 Å². The second-order valence-corrected chi connectivity index (χ2v) is 7.55. The Balaban J connectivity index is 1.50. The minimum atomic E-state index is -4.49. The van der Waals surface area contributed by atoms with Gasteiger partial charge in [0.25, 0.3) is 5.91 Å². The van der Waals surface area contributed by atoms with Gasteiger partial charge in [-0.2, -0.15) is 13.2 Å². The van der Waals surface area contributed by atoms with Gasteiger partial charge < -0.3 is 9.80 Å². The lowest BCUT2D eigenvalue weighted by molar-refractivity contribution is -0.137. The van der Waals surface area contributed by atoms with Gasteiger partial charge >= 0.3 is 6.18 Å². The number of nitrogens with zero attached hydrogens (tertiary/aromatic N) is 2. The quantitative estimate of drug-likeness (QED) is 0.781. The van der Waals surface area contributed by atoms with Crippen LogP contribution in [0.25, 0.3) is 0 Å². The summed E-state index contributed by atoms with van der Waals surface area (Å²) in [5.74, 6) is -0.409. The number of hydrogen-bond donors (Lipinski definition) is 0. The molecule has 0 N–H and O–H groups in total. The summed E-state index contributed by atoms with van der Waals surface area (Å²) in [5, 5.41) is 0. The van der Waals surface area contributed by atoms with Gasteiger partial charge in [-0.1, -0.05) is 24.3 Å². The molecular weight excluding hydrogens is 369 g/mol. The van der Waals surface area contributed by atoms with Crippen LogP contribution in [0.15, 0.2) is 54.6 Å². The van der Waals surface area contributed by atoms with Crippen LogP contribution in [0.3, 0.4) is 0 Å². The molecule has 0 aliphatic carbocycles. The topological polar surface area (TPSA) is 40.6 Å². The number of likely N-dealkylation sites (tertiary alicyclic amines) is 1. The van der Waals surface area contributed by atoms with E-state index in [4.69, 9.17) is 0 Å². The van der Waals surface area contributed by atoms with Crippen molar-refractivity contribution in [1.82, 2.24) is 4.90 Å². The van der Waals surface area contributed by atoms with Gasteiger partial charge in [0.15, 0.2) is 0 Å². The van der Waals surface area contributed by atoms with Crippen molar-refractivity contribution in [2.75, 3.05) is 24.5 Å². The van der Waals surface area contributed by atoms with Crippen molar-refractivity contribution in [2.24, 2.45) is 5.41 Å². The van der Waals surface area contributed by atoms with E-state index in [-0.39, 0.29) is 16.9 Å². The Bertz CT molecular complexity index is 913. The normalized spacial score (nSPS) is 22.3. The molecule has 0 aromatic heterocycles. The highest BCUT2D eigenvalue weighted by Crippen LogP contribution is 2.42. The molecular formula is C21H19F3N2O2. The number of anilines is 1. The lowest BCUT2D eigenvalue weighted by atomic mass is 9.86. The van der Waals surface area contributed by atoms with Gasteiger partial charge in [-0.05, 0) is 36.8 Å². The third-order valence-corrected chi connectivity index (χ3v) is 5.55. The molecule has 0 saturated carbocycles. The Morgan fingerprint density at radius 1 is 1.00 bits per heavy atom. The SMILES string of the molecule is O=C(c1cccc(C(F)(F)F)c1)N1CC[C@@]2(CC(=O)N(c3ccccc3)C2)C1. The van der Waals surface area contributed by atoms with Gasteiger partial charge in [0.05, 0.1) is 5.56 Å². The average molecular weight is 388 g/mol. The fraction of sp³-hybridized carbons (Fsp3) is 0.333. The summed E-state index contributed by atoms with van der Waals surface area (Å²) in [6.45, 7) is 1.32. The van der Waals surface area contributed by atoms with Crippen molar-refractivity contribution in [3.05, 3.63) is 65.7 Å². The summed E-state index contributed by atoms with van der Waals surface area (Å²) in [7, 11) is 0. The van der Waals surface area contributed by atoms with Gasteiger partial charge in [-0.3, -0.25) is 9.59 Å². The van der Waals surface area contributed by atoms with E-state index in [1.54, 1.807) is 9.80 Å². The molecule has 28 heavy (non-hydrogen) atoms. The highest BCUT2D eigenvalue weighted by Gasteiger charge is 2.49. The maximum atomic E-state index is 12.9. The van der Waals surface area contributed by atoms with E-state index < -0.39 is 17.6 Å². The van der Waals surface area contributed by atoms with E-state index in [1.807, 2.05) is 30.3 Å². The molecule has 2 aliphatic rings. The zero-order valence-corrected chi connectivity index (χ0v) is 15.1. The van der Waals surface area contributed by atoms with Gasteiger partial charge in [-0.15, -0.1) is 0 Å². The molecule has 2 aromatic rings. The van der Waals surface area contributed by atoms with E-state index in [2.05, 4.69) is 0 Å². The number of benzene rings is 2. The zero-order chi connectivity index (χ0) is 19.9. The highest BCUT2D eigenvalue weighted by atomic mass is 19.4. The predicted octanol–water partition coefficient (Wildman–Crippen LogP) is 3.97. The van der Waals surface area contributed by atoms with Crippen molar-refractivity contribution in [3.8, 4) is 0 Å². The third-order valence-electron chi connectivity index (χ3n) is 5.55. The smallest absolute Gasteiger partial charge is 0.338 e. The van der Waals surface area contributed by atoms with Gasteiger partial charge in [0, 0.05) is 42.7 Å². The number of hydrogen-bond acceptors (Lipinski definition) is 2. The number of carbonyl (C=O) groups excluding carboxylic acids is 2. The molecule has 0 radical (unpaired) electrons. The molecule has 2 aliphatic heterocycles. The van der Waals surface area contributed by atoms with E-state index in [0.29, 0.717) is 32.5 Å². The van der Waals surface area contributed by atoms with Crippen LogP contribution in [0, 0.1) is 5.41 Å². The van der Waals surface area contributed by atoms with Crippen LogP contribution >= 0.6 is 0 Å². The first-order valence-corrected chi connectivity index (χ1v) is 9.09. The second kappa shape index (κ2) is 6.65. The Morgan fingerprint density at radius 2 is 1.75 bits per heavy atom. The first-order chi connectivity index (χ1) is 13.3. The summed E-state index contributed by atoms with van der Waals surface area (Å²) in [6.07, 6.45) is -3.49. The molecule has 0 unspecified atom stereocenters. The Kier molecular flexibility index (Phi) is 4.40. The minimum Gasteiger partial charge on any atom is -0.338 e. The van der Waals surface area contributed by atoms with E-state index in [0.717, 1.165) is 17.8 Å². The highest BCUT2D eigenvalue weighted by molar-refractivity contribution is 5.97. The fourth-order valence-corrected chi connectivity index (χ4v) is 4.13. The van der Waals surface area contributed by atoms with Crippen LogP contribution < -0.4 is 4.90 Å². The summed E-state index contributed by atoms with van der Waals surface area (Å²) < 4.78 is 38.8. The van der Waals surface area contributed by atoms with E-state index in [1.165, 1.54) is 12.1 Å². The fourth-order valence-electron chi connectivity index (χ4n) is 4.13. The summed E-state index contributed by atoms with van der Waals surface area (Å²) in [6, 6.07) is 13.9. The molecule has 2 aromatic carbocycles. The lowest BCUT2D eigenvalue weighted by Crippen LogP contribution is -2.34. The predicted molar refractivity (Wildman–Crippen MR) is 97.8 cm³/mol. The molecule has 2 heterocycles. The number of alkyl halides is 3. The Labute approximate surface area is 160 Å². The Hall–Kier alpha value is -2.83. The van der Waals surface area contributed by atoms with E-state index >= 15 is 0 Å². The maximum Gasteiger partial charge on any atom is 0.416 e. The largest absolute Gasteiger partial charge is 0.416 e. The molecule has 7 heteroatoms. The summed E-state index contributed by atoms with van der Waals surface area (Å²) >= 11 is 0. The number of para-hydroxylation sites is 1. The standard InChI is InChI=1S/C21H19F3N2O2/c22-21(23,24)16-6-4-5-15(11-16)19(28)25-10-9-20(13-25)12-18(27)26(14-20)17-7-2-1-3-8-17/h1-8,11H,9-10,12-14H2/t20-/m1/s1. The average Bonchev–Trinajstić information content (AvgIpc) is 3.24. The zero-order valence-electron chi connectivity index (χ0n) is 15.1. The van der Waals surface area contributed by atoms with Gasteiger partial charge in [0.2, 0.25) is 5.91 Å². The number of rotatable bonds is 2. The monoisotopic (exact) mass is 388 g/mol. The molecule has 1 atom stereocenters. The van der Waals surface area contributed by atoms with Crippen LogP contribution in [-0.4, -0.2) is 36.3 Å². The molecule has 2 amide bonds. The van der Waals surface area contributed by atoms with Crippen molar-refractivity contribution in [3.63, 3.8) is 0 Å². The van der Waals surface area contributed by atoms with Crippen LogP contribution in [0.1, 0.15) is 28.8 Å². The maximum absolute atomic E-state index is 12.9. The minimum absolute atomic E-state index is 0.0135. The van der Waals surface area contributed by atoms with Crippen LogP contribution in [0.5, 0.6) is 0 Å². The third kappa shape index (κ3) is 3.37. The number of amides is 2. The molecule has 146 valence electrons. The molecule has 0 bridgehead atoms. The van der Waals surface area contributed by atoms with Crippen molar-refractivity contribution >= 4 is 17.5 Å². The molecule has 1 spiro atoms. The first-order valence-electron chi connectivity index (χ1n) is 9.09. The molecule has 4 nitrogen and oxygen atoms in total. The van der Waals surface area contributed by atoms with Gasteiger partial charge in [0.1, 0.15) is 0 Å². The number of carbonyl (C=O) groups is 2. The van der Waals surface area contributed by atoms with Crippen molar-refractivity contribution in [2.45, 2.75) is 19.0 Å². The molecule has 2 fully saturated rings. The summed E-state index contributed by atoms with van der Waals surface area (Å²) in [4.78, 5) is 28.6. The van der Waals surface area contributed by atoms with Gasteiger partial charge in [-0.25, -0.2) is 0 Å². The lowest BCUT2D eigenvalue weighted by Gasteiger charge is -2.24. The summed E-state index contributed by atoms with van der Waals surface area (Å²) in [5.41, 5.74) is -0.328. The van der Waals surface area contributed by atoms with Crippen LogP contribution in [0.2, 0.25) is 0 Å². The first kappa shape index (κ1) is 18.5. The van der Waals surface area contributed by atoms with Crippen LogP contribution in [0.4, 0.5) is 18.9 Å². The molecule has 4 rings (SSSR count).